The van der Waals surface area contributed by atoms with E-state index in [-0.39, 0.29) is 6.04 Å². The molecule has 0 bridgehead atoms. The number of rotatable bonds is 7. The molecule has 0 aromatic rings. The first-order valence-corrected chi connectivity index (χ1v) is 6.12. The number of aliphatic carboxylic acids is 1. The van der Waals surface area contributed by atoms with Crippen LogP contribution in [-0.4, -0.2) is 47.7 Å². The molecule has 1 rings (SSSR count). The predicted octanol–water partition coefficient (Wildman–Crippen LogP) is 2.48. The van der Waals surface area contributed by atoms with Gasteiger partial charge in [0, 0.05) is 6.04 Å². The van der Waals surface area contributed by atoms with E-state index < -0.39 is 43.0 Å². The standard InChI is InChI=1S/C11H15F6NO3/c1-9(8(19)20,18-6-2-3-6)4-5-21-7(10(12,13)14)11(15,16)17/h6-7,18H,2-5H2,1H3,(H,19,20). The third-order valence-corrected chi connectivity index (χ3v) is 3.05. The van der Waals surface area contributed by atoms with Crippen LogP contribution < -0.4 is 5.32 Å². The number of carboxylic acid groups (broad SMARTS) is 1. The summed E-state index contributed by atoms with van der Waals surface area (Å²) in [4.78, 5) is 11.1. The molecule has 124 valence electrons. The van der Waals surface area contributed by atoms with Gasteiger partial charge in [0.1, 0.15) is 5.54 Å². The van der Waals surface area contributed by atoms with Crippen molar-refractivity contribution < 1.29 is 41.0 Å². The number of halogens is 6. The van der Waals surface area contributed by atoms with Crippen molar-refractivity contribution in [2.45, 2.75) is 56.2 Å². The van der Waals surface area contributed by atoms with E-state index in [9.17, 15) is 31.1 Å². The first kappa shape index (κ1) is 18.0. The van der Waals surface area contributed by atoms with Crippen molar-refractivity contribution in [3.05, 3.63) is 0 Å². The first-order chi connectivity index (χ1) is 9.36. The van der Waals surface area contributed by atoms with Crippen molar-refractivity contribution in [2.24, 2.45) is 0 Å². The van der Waals surface area contributed by atoms with Crippen LogP contribution in [0.1, 0.15) is 26.2 Å². The van der Waals surface area contributed by atoms with Crippen LogP contribution in [0.5, 0.6) is 0 Å². The van der Waals surface area contributed by atoms with Crippen LogP contribution in [0.4, 0.5) is 26.3 Å². The molecule has 10 heteroatoms. The Labute approximate surface area is 116 Å². The molecule has 0 aromatic carbocycles. The van der Waals surface area contributed by atoms with Crippen LogP contribution in [0.3, 0.4) is 0 Å². The van der Waals surface area contributed by atoms with E-state index in [1.165, 1.54) is 6.92 Å². The number of nitrogens with one attached hydrogen (secondary N) is 1. The van der Waals surface area contributed by atoms with Gasteiger partial charge in [-0.25, -0.2) is 0 Å². The number of carboxylic acids is 1. The molecule has 1 fully saturated rings. The van der Waals surface area contributed by atoms with E-state index in [4.69, 9.17) is 5.11 Å². The summed E-state index contributed by atoms with van der Waals surface area (Å²) in [7, 11) is 0. The van der Waals surface area contributed by atoms with Gasteiger partial charge in [0.15, 0.2) is 0 Å². The van der Waals surface area contributed by atoms with E-state index in [1.807, 2.05) is 0 Å². The molecule has 21 heavy (non-hydrogen) atoms. The SMILES string of the molecule is CC(CCOC(C(F)(F)F)C(F)(F)F)(NC1CC1)C(=O)O. The highest BCUT2D eigenvalue weighted by molar-refractivity contribution is 5.78. The monoisotopic (exact) mass is 323 g/mol. The number of carbonyl (C=O) groups is 1. The zero-order chi connectivity index (χ0) is 16.5. The Morgan fingerprint density at radius 1 is 1.24 bits per heavy atom. The summed E-state index contributed by atoms with van der Waals surface area (Å²) in [5.41, 5.74) is -1.62. The lowest BCUT2D eigenvalue weighted by atomic mass is 9.98. The van der Waals surface area contributed by atoms with Gasteiger partial charge in [0.25, 0.3) is 0 Å². The Balaban J connectivity index is 2.61. The lowest BCUT2D eigenvalue weighted by Crippen LogP contribution is -2.52. The fourth-order valence-corrected chi connectivity index (χ4v) is 1.67. The fraction of sp³-hybridized carbons (Fsp3) is 0.909. The molecule has 0 aliphatic heterocycles. The van der Waals surface area contributed by atoms with Crippen LogP contribution in [0.2, 0.25) is 0 Å². The third-order valence-electron chi connectivity index (χ3n) is 3.05. The Morgan fingerprint density at radius 2 is 1.71 bits per heavy atom. The number of alkyl halides is 6. The van der Waals surface area contributed by atoms with Gasteiger partial charge < -0.3 is 9.84 Å². The van der Waals surface area contributed by atoms with E-state index in [0.717, 1.165) is 12.8 Å². The minimum absolute atomic E-state index is 0.0767. The molecule has 2 N–H and O–H groups in total. The second-order valence-electron chi connectivity index (χ2n) is 5.14. The van der Waals surface area contributed by atoms with Gasteiger partial charge in [-0.1, -0.05) is 0 Å². The smallest absolute Gasteiger partial charge is 0.423 e. The topological polar surface area (TPSA) is 58.6 Å². The van der Waals surface area contributed by atoms with Crippen LogP contribution in [-0.2, 0) is 9.53 Å². The summed E-state index contributed by atoms with van der Waals surface area (Å²) in [6.45, 7) is 0.222. The average Bonchev–Trinajstić information content (AvgIpc) is 3.04. The van der Waals surface area contributed by atoms with Crippen molar-refractivity contribution >= 4 is 5.97 Å². The highest BCUT2D eigenvalue weighted by Crippen LogP contribution is 2.36. The second-order valence-corrected chi connectivity index (χ2v) is 5.14. The lowest BCUT2D eigenvalue weighted by molar-refractivity contribution is -0.322. The summed E-state index contributed by atoms with van der Waals surface area (Å²) in [6.07, 6.45) is -14.2. The zero-order valence-electron chi connectivity index (χ0n) is 11.0. The Bertz CT molecular complexity index is 365. The molecule has 0 radical (unpaired) electrons. The molecule has 0 amide bonds. The van der Waals surface area contributed by atoms with Crippen molar-refractivity contribution in [3.63, 3.8) is 0 Å². The highest BCUT2D eigenvalue weighted by atomic mass is 19.4. The lowest BCUT2D eigenvalue weighted by Gasteiger charge is -2.28. The van der Waals surface area contributed by atoms with Crippen molar-refractivity contribution in [3.8, 4) is 0 Å². The largest absolute Gasteiger partial charge is 0.480 e. The number of hydrogen-bond donors (Lipinski definition) is 2. The van der Waals surface area contributed by atoms with Gasteiger partial charge in [-0.05, 0) is 26.2 Å². The van der Waals surface area contributed by atoms with E-state index >= 15 is 0 Å². The Morgan fingerprint density at radius 3 is 2.05 bits per heavy atom. The molecule has 1 aliphatic rings. The molecule has 4 nitrogen and oxygen atoms in total. The minimum atomic E-state index is -5.60. The maximum absolute atomic E-state index is 12.2. The van der Waals surface area contributed by atoms with Gasteiger partial charge in [-0.2, -0.15) is 26.3 Å². The molecular formula is C11H15F6NO3. The predicted molar refractivity (Wildman–Crippen MR) is 58.7 cm³/mol. The van der Waals surface area contributed by atoms with Crippen molar-refractivity contribution in [2.75, 3.05) is 6.61 Å². The van der Waals surface area contributed by atoms with Crippen LogP contribution in [0.15, 0.2) is 0 Å². The van der Waals surface area contributed by atoms with E-state index in [2.05, 4.69) is 10.1 Å². The van der Waals surface area contributed by atoms with Crippen LogP contribution in [0.25, 0.3) is 0 Å². The summed E-state index contributed by atoms with van der Waals surface area (Å²) >= 11 is 0. The van der Waals surface area contributed by atoms with E-state index in [1.54, 1.807) is 0 Å². The molecular weight excluding hydrogens is 308 g/mol. The third kappa shape index (κ3) is 5.34. The molecule has 0 spiro atoms. The normalized spacial score (nSPS) is 19.6. The van der Waals surface area contributed by atoms with Crippen LogP contribution >= 0.6 is 0 Å². The quantitative estimate of drug-likeness (QED) is 0.707. The van der Waals surface area contributed by atoms with Crippen molar-refractivity contribution in [1.29, 1.82) is 0 Å². The minimum Gasteiger partial charge on any atom is -0.480 e. The van der Waals surface area contributed by atoms with Crippen LogP contribution in [0, 0.1) is 0 Å². The zero-order valence-corrected chi connectivity index (χ0v) is 11.0. The van der Waals surface area contributed by atoms with Gasteiger partial charge in [-0.3, -0.25) is 10.1 Å². The first-order valence-electron chi connectivity index (χ1n) is 6.12. The maximum atomic E-state index is 12.2. The molecule has 1 aliphatic carbocycles. The summed E-state index contributed by atoms with van der Waals surface area (Å²) < 4.78 is 77.3. The number of ether oxygens (including phenoxy) is 1. The van der Waals surface area contributed by atoms with Gasteiger partial charge in [0.2, 0.25) is 6.10 Å². The molecule has 0 heterocycles. The molecule has 0 aromatic heterocycles. The molecule has 1 unspecified atom stereocenters. The Hall–Kier alpha value is -1.03. The van der Waals surface area contributed by atoms with Crippen molar-refractivity contribution in [1.82, 2.24) is 5.32 Å². The summed E-state index contributed by atoms with van der Waals surface area (Å²) in [5.74, 6) is -1.35. The van der Waals surface area contributed by atoms with Gasteiger partial charge in [0.05, 0.1) is 6.61 Å². The number of hydrogen-bond acceptors (Lipinski definition) is 3. The van der Waals surface area contributed by atoms with E-state index in [0.29, 0.717) is 0 Å². The highest BCUT2D eigenvalue weighted by Gasteiger charge is 2.58. The average molecular weight is 323 g/mol. The summed E-state index contributed by atoms with van der Waals surface area (Å²) in [5, 5.41) is 11.7. The fourth-order valence-electron chi connectivity index (χ4n) is 1.67. The maximum Gasteiger partial charge on any atom is 0.423 e. The van der Waals surface area contributed by atoms with Gasteiger partial charge in [-0.15, -0.1) is 0 Å². The second kappa shape index (κ2) is 5.99. The molecule has 0 saturated heterocycles. The summed E-state index contributed by atoms with van der Waals surface area (Å²) in [6, 6.07) is -0.0767. The Kier molecular flexibility index (Phi) is 5.14. The molecule has 1 atom stereocenters. The van der Waals surface area contributed by atoms with Gasteiger partial charge >= 0.3 is 18.3 Å². The molecule has 1 saturated carbocycles.